The maximum atomic E-state index is 14.5. The van der Waals surface area contributed by atoms with Crippen LogP contribution in [0.15, 0.2) is 42.5 Å². The van der Waals surface area contributed by atoms with Crippen molar-refractivity contribution in [1.29, 1.82) is 0 Å². The molecule has 0 fully saturated rings. The van der Waals surface area contributed by atoms with E-state index in [1.807, 2.05) is 0 Å². The van der Waals surface area contributed by atoms with Crippen molar-refractivity contribution < 1.29 is 27.8 Å². The van der Waals surface area contributed by atoms with E-state index in [1.54, 1.807) is 0 Å². The van der Waals surface area contributed by atoms with Gasteiger partial charge in [0.05, 0.1) is 11.4 Å². The van der Waals surface area contributed by atoms with Crippen LogP contribution < -0.4 is 8.61 Å². The zero-order chi connectivity index (χ0) is 19.8. The van der Waals surface area contributed by atoms with Crippen LogP contribution in [0.1, 0.15) is 6.42 Å². The zero-order valence-corrected chi connectivity index (χ0v) is 15.2. The van der Waals surface area contributed by atoms with E-state index >= 15 is 0 Å². The molecule has 146 valence electrons. The molecule has 3 N–H and O–H groups in total. The minimum atomic E-state index is -3.70. The molecule has 1 heterocycles. The van der Waals surface area contributed by atoms with E-state index in [9.17, 15) is 22.7 Å². The van der Waals surface area contributed by atoms with E-state index < -0.39 is 28.7 Å². The quantitative estimate of drug-likeness (QED) is 0.686. The smallest absolute Gasteiger partial charge is 0.407 e. The van der Waals surface area contributed by atoms with Gasteiger partial charge >= 0.3 is 6.09 Å². The summed E-state index contributed by atoms with van der Waals surface area (Å²) in [4.78, 5) is 11.9. The minimum absolute atomic E-state index is 0.000295. The number of hydrogen-bond acceptors (Lipinski definition) is 5. The highest BCUT2D eigenvalue weighted by Crippen LogP contribution is 2.64. The predicted molar refractivity (Wildman–Crippen MR) is 100 cm³/mol. The van der Waals surface area contributed by atoms with Gasteiger partial charge in [0.1, 0.15) is 17.3 Å². The van der Waals surface area contributed by atoms with Crippen LogP contribution in [-0.4, -0.2) is 45.3 Å². The van der Waals surface area contributed by atoms with Crippen LogP contribution in [0.2, 0.25) is 0 Å². The highest BCUT2D eigenvalue weighted by atomic mass is 32.3. The van der Waals surface area contributed by atoms with Gasteiger partial charge in [-0.3, -0.25) is 9.11 Å². The third-order valence-corrected chi connectivity index (χ3v) is 6.05. The van der Waals surface area contributed by atoms with Crippen LogP contribution in [0, 0.1) is 11.6 Å². The average molecular weight is 399 g/mol. The van der Waals surface area contributed by atoms with Crippen molar-refractivity contribution in [3.05, 3.63) is 54.1 Å². The molecule has 0 unspecified atom stereocenters. The maximum Gasteiger partial charge on any atom is 0.407 e. The highest BCUT2D eigenvalue weighted by Gasteiger charge is 2.43. The summed E-state index contributed by atoms with van der Waals surface area (Å²) in [7, 11) is -2.32. The molecule has 0 aliphatic carbocycles. The normalized spacial score (nSPS) is 16.2. The van der Waals surface area contributed by atoms with Gasteiger partial charge in [-0.05, 0) is 47.7 Å². The van der Waals surface area contributed by atoms with Crippen LogP contribution in [-0.2, 0) is 0 Å². The van der Waals surface area contributed by atoms with E-state index in [2.05, 4.69) is 0 Å². The molecule has 0 saturated heterocycles. The van der Waals surface area contributed by atoms with Crippen molar-refractivity contribution in [2.45, 2.75) is 6.42 Å². The number of hydrogen-bond donors (Lipinski definition) is 3. The first-order valence-electron chi connectivity index (χ1n) is 8.08. The second-order valence-corrected chi connectivity index (χ2v) is 7.82. The van der Waals surface area contributed by atoms with Crippen LogP contribution in [0.5, 0.6) is 0 Å². The van der Waals surface area contributed by atoms with Crippen molar-refractivity contribution in [3.63, 3.8) is 0 Å². The number of anilines is 3. The molecule has 0 spiro atoms. The number of para-hydroxylation sites is 1. The van der Waals surface area contributed by atoms with E-state index in [0.29, 0.717) is 0 Å². The van der Waals surface area contributed by atoms with Crippen molar-refractivity contribution in [2.24, 2.45) is 0 Å². The number of amides is 1. The Kier molecular flexibility index (Phi) is 5.13. The summed E-state index contributed by atoms with van der Waals surface area (Å²) in [6.45, 7) is 0.130. The van der Waals surface area contributed by atoms with Crippen molar-refractivity contribution in [3.8, 4) is 0 Å². The fourth-order valence-corrected chi connectivity index (χ4v) is 4.74. The molecule has 0 aromatic heterocycles. The molecule has 2 aromatic rings. The van der Waals surface area contributed by atoms with Gasteiger partial charge in [-0.25, -0.2) is 22.2 Å². The summed E-state index contributed by atoms with van der Waals surface area (Å²) >= 11 is 0. The Hall–Kier alpha value is -2.56. The number of fused-ring (bicyclic) bond motifs is 1. The summed E-state index contributed by atoms with van der Waals surface area (Å²) < 4.78 is 52.1. The molecule has 0 saturated carbocycles. The summed E-state index contributed by atoms with van der Waals surface area (Å²) in [6, 6.07) is 9.40. The molecule has 2 aromatic carbocycles. The van der Waals surface area contributed by atoms with E-state index in [1.165, 1.54) is 43.4 Å². The van der Waals surface area contributed by atoms with Crippen molar-refractivity contribution in [1.82, 2.24) is 4.90 Å². The minimum Gasteiger partial charge on any atom is -0.465 e. The first-order valence-corrected chi connectivity index (χ1v) is 9.54. The first-order chi connectivity index (χ1) is 12.7. The molecule has 0 radical (unpaired) electrons. The lowest BCUT2D eigenvalue weighted by Gasteiger charge is -2.43. The van der Waals surface area contributed by atoms with Crippen LogP contribution in [0.25, 0.3) is 0 Å². The number of halogens is 2. The lowest BCUT2D eigenvalue weighted by molar-refractivity contribution is 0.156. The molecular weight excluding hydrogens is 380 g/mol. The molecule has 0 bridgehead atoms. The second kappa shape index (κ2) is 7.22. The summed E-state index contributed by atoms with van der Waals surface area (Å²) in [5.41, 5.74) is 0.360. The Balaban J connectivity index is 1.97. The summed E-state index contributed by atoms with van der Waals surface area (Å²) in [5.74, 6) is -1.22. The van der Waals surface area contributed by atoms with Gasteiger partial charge in [0.25, 0.3) is 0 Å². The Bertz CT molecular complexity index is 868. The Labute approximate surface area is 156 Å². The van der Waals surface area contributed by atoms with Gasteiger partial charge in [-0.1, -0.05) is 12.1 Å². The molecule has 10 heteroatoms. The van der Waals surface area contributed by atoms with E-state index in [-0.39, 0.29) is 36.6 Å². The molecule has 1 amide bonds. The SMILES string of the molecule is CN(CCCN1c2c(F)cccc2N(c2cccc(F)c2)S1(O)O)C(=O)O. The predicted octanol–water partition coefficient (Wildman–Crippen LogP) is 4.50. The first kappa shape index (κ1) is 19.2. The maximum absolute atomic E-state index is 14.5. The summed E-state index contributed by atoms with van der Waals surface area (Å²) in [6.07, 6.45) is -0.875. The second-order valence-electron chi connectivity index (χ2n) is 6.03. The number of carboxylic acid groups (broad SMARTS) is 1. The Morgan fingerprint density at radius 3 is 2.56 bits per heavy atom. The molecule has 7 nitrogen and oxygen atoms in total. The van der Waals surface area contributed by atoms with Crippen molar-refractivity contribution >= 4 is 34.1 Å². The molecule has 3 rings (SSSR count). The molecule has 1 aliphatic heterocycles. The molecule has 0 atom stereocenters. The number of nitrogens with zero attached hydrogens (tertiary/aromatic N) is 3. The van der Waals surface area contributed by atoms with Gasteiger partial charge in [-0.2, -0.15) is 0 Å². The fourth-order valence-electron chi connectivity index (χ4n) is 2.93. The van der Waals surface area contributed by atoms with Crippen LogP contribution >= 0.6 is 11.0 Å². The summed E-state index contributed by atoms with van der Waals surface area (Å²) in [5, 5.41) is 8.91. The highest BCUT2D eigenvalue weighted by molar-refractivity contribution is 8.27. The third kappa shape index (κ3) is 3.51. The Morgan fingerprint density at radius 2 is 1.89 bits per heavy atom. The largest absolute Gasteiger partial charge is 0.465 e. The Morgan fingerprint density at radius 1 is 1.19 bits per heavy atom. The molecule has 1 aliphatic rings. The van der Waals surface area contributed by atoms with E-state index in [0.717, 1.165) is 19.6 Å². The van der Waals surface area contributed by atoms with E-state index in [4.69, 9.17) is 5.11 Å². The van der Waals surface area contributed by atoms with Gasteiger partial charge < -0.3 is 10.0 Å². The van der Waals surface area contributed by atoms with Crippen molar-refractivity contribution in [2.75, 3.05) is 28.7 Å². The van der Waals surface area contributed by atoms with Gasteiger partial charge in [0.15, 0.2) is 0 Å². The number of carbonyl (C=O) groups is 1. The fraction of sp³-hybridized carbons (Fsp3) is 0.235. The number of rotatable bonds is 5. The van der Waals surface area contributed by atoms with Gasteiger partial charge in [-0.15, -0.1) is 0 Å². The van der Waals surface area contributed by atoms with Crippen LogP contribution in [0.4, 0.5) is 30.6 Å². The molecular formula is C17H19F2N3O4S. The van der Waals surface area contributed by atoms with Gasteiger partial charge in [0.2, 0.25) is 0 Å². The van der Waals surface area contributed by atoms with Gasteiger partial charge in [0, 0.05) is 20.1 Å². The third-order valence-electron chi connectivity index (χ3n) is 4.20. The zero-order valence-electron chi connectivity index (χ0n) is 14.4. The lowest BCUT2D eigenvalue weighted by Crippen LogP contribution is -2.34. The average Bonchev–Trinajstić information content (AvgIpc) is 2.82. The monoisotopic (exact) mass is 399 g/mol. The van der Waals surface area contributed by atoms with Crippen LogP contribution in [0.3, 0.4) is 0 Å². The lowest BCUT2D eigenvalue weighted by atomic mass is 10.2. The number of benzene rings is 2. The molecule has 27 heavy (non-hydrogen) atoms. The standard InChI is InChI=1S/C17H19F2N3O4S/c1-20(17(23)24)9-4-10-21-16-14(19)7-3-8-15(16)22(27(21,25)26)13-6-2-5-12(18)11-13/h2-3,5-8,11,25-26H,4,9-10H2,1H3,(H,23,24). The topological polar surface area (TPSA) is 87.5 Å².